The van der Waals surface area contributed by atoms with Crippen LogP contribution in [0.1, 0.15) is 11.3 Å². The van der Waals surface area contributed by atoms with Gasteiger partial charge in [-0.15, -0.1) is 0 Å². The molecule has 0 unspecified atom stereocenters. The number of amides is 1. The number of aromatic nitrogens is 1. The topological polar surface area (TPSA) is 86.5 Å². The molecule has 6 heteroatoms. The largest absolute Gasteiger partial charge is 0.465 e. The molecule has 0 radical (unpaired) electrons. The Morgan fingerprint density at radius 2 is 2.14 bits per heavy atom. The number of fused-ring (bicyclic) bond motifs is 1. The Balaban J connectivity index is 2.22. The van der Waals surface area contributed by atoms with E-state index >= 15 is 0 Å². The van der Waals surface area contributed by atoms with Crippen molar-refractivity contribution in [2.45, 2.75) is 12.8 Å². The van der Waals surface area contributed by atoms with Crippen LogP contribution in [0, 0.1) is 0 Å². The minimum absolute atomic E-state index is 0.243. The number of nitrogens with one attached hydrogen (secondary N) is 1. The summed E-state index contributed by atoms with van der Waals surface area (Å²) >= 11 is 0. The molecule has 1 aromatic heterocycles. The van der Waals surface area contributed by atoms with E-state index in [2.05, 4.69) is 5.16 Å². The van der Waals surface area contributed by atoms with Gasteiger partial charge in [0.05, 0.1) is 5.56 Å². The van der Waals surface area contributed by atoms with E-state index in [-0.39, 0.29) is 5.56 Å². The Hall–Kier alpha value is -1.72. The molecular formula is C8H10N2O4. The first-order valence-corrected chi connectivity index (χ1v) is 4.35. The smallest absolute Gasteiger partial charge is 0.407 e. The second-order valence-electron chi connectivity index (χ2n) is 3.20. The molecule has 6 nitrogen and oxygen atoms in total. The highest BCUT2D eigenvalue weighted by molar-refractivity contribution is 5.65. The van der Waals surface area contributed by atoms with Gasteiger partial charge in [-0.25, -0.2) is 4.79 Å². The van der Waals surface area contributed by atoms with Crippen molar-refractivity contribution in [2.75, 3.05) is 13.1 Å². The van der Waals surface area contributed by atoms with Crippen LogP contribution in [-0.4, -0.2) is 34.3 Å². The summed E-state index contributed by atoms with van der Waals surface area (Å²) in [6.45, 7) is 0.730. The molecule has 1 aromatic rings. The van der Waals surface area contributed by atoms with Gasteiger partial charge in [0.15, 0.2) is 0 Å². The van der Waals surface area contributed by atoms with Crippen LogP contribution in [0.25, 0.3) is 0 Å². The molecule has 0 atom stereocenters. The molecule has 0 aliphatic carbocycles. The van der Waals surface area contributed by atoms with Crippen molar-refractivity contribution in [3.63, 3.8) is 0 Å². The van der Waals surface area contributed by atoms with Crippen LogP contribution in [0.5, 0.6) is 0 Å². The van der Waals surface area contributed by atoms with E-state index in [0.717, 1.165) is 0 Å². The van der Waals surface area contributed by atoms with Gasteiger partial charge in [-0.2, -0.15) is 5.16 Å². The van der Waals surface area contributed by atoms with Crippen molar-refractivity contribution in [3.05, 3.63) is 21.7 Å². The minimum Gasteiger partial charge on any atom is -0.465 e. The van der Waals surface area contributed by atoms with Crippen LogP contribution in [0.15, 0.2) is 9.32 Å². The molecule has 0 spiro atoms. The van der Waals surface area contributed by atoms with Crippen LogP contribution in [0.3, 0.4) is 0 Å². The van der Waals surface area contributed by atoms with Crippen LogP contribution < -0.4 is 5.56 Å². The molecule has 76 valence electrons. The Morgan fingerprint density at radius 1 is 1.43 bits per heavy atom. The lowest BCUT2D eigenvalue weighted by Crippen LogP contribution is -2.32. The molecular weight excluding hydrogens is 188 g/mol. The summed E-state index contributed by atoms with van der Waals surface area (Å²) in [6, 6.07) is 0. The first-order valence-electron chi connectivity index (χ1n) is 4.35. The molecule has 0 aromatic carbocycles. The monoisotopic (exact) mass is 198 g/mol. The number of nitrogens with zero attached hydrogens (tertiary/aromatic N) is 1. The number of hydrogen-bond donors (Lipinski definition) is 2. The Bertz CT molecular complexity index is 406. The van der Waals surface area contributed by atoms with Crippen molar-refractivity contribution in [3.8, 4) is 0 Å². The zero-order valence-corrected chi connectivity index (χ0v) is 7.45. The van der Waals surface area contributed by atoms with Gasteiger partial charge in [-0.3, -0.25) is 4.79 Å². The van der Waals surface area contributed by atoms with Gasteiger partial charge in [0.1, 0.15) is 5.76 Å². The lowest BCUT2D eigenvalue weighted by atomic mass is 10.2. The van der Waals surface area contributed by atoms with E-state index in [1.54, 1.807) is 0 Å². The van der Waals surface area contributed by atoms with E-state index < -0.39 is 6.09 Å². The first-order chi connectivity index (χ1) is 6.68. The highest BCUT2D eigenvalue weighted by Gasteiger charge is 2.21. The third-order valence-corrected chi connectivity index (χ3v) is 2.39. The summed E-state index contributed by atoms with van der Waals surface area (Å²) in [4.78, 5) is 23.1. The minimum atomic E-state index is -0.952. The van der Waals surface area contributed by atoms with E-state index in [9.17, 15) is 9.59 Å². The molecule has 0 bridgehead atoms. The van der Waals surface area contributed by atoms with E-state index in [1.165, 1.54) is 4.90 Å². The maximum atomic E-state index is 11.2. The summed E-state index contributed by atoms with van der Waals surface area (Å²) in [6.07, 6.45) is -0.0695. The summed E-state index contributed by atoms with van der Waals surface area (Å²) in [5.41, 5.74) is 0.334. The number of aromatic amines is 1. The average Bonchev–Trinajstić information content (AvgIpc) is 2.38. The van der Waals surface area contributed by atoms with Gasteiger partial charge in [0.2, 0.25) is 0 Å². The average molecular weight is 198 g/mol. The highest BCUT2D eigenvalue weighted by atomic mass is 16.5. The van der Waals surface area contributed by atoms with E-state index in [0.29, 0.717) is 37.3 Å². The van der Waals surface area contributed by atoms with Gasteiger partial charge < -0.3 is 14.5 Å². The van der Waals surface area contributed by atoms with Crippen molar-refractivity contribution >= 4 is 6.09 Å². The summed E-state index contributed by atoms with van der Waals surface area (Å²) < 4.78 is 4.94. The fourth-order valence-corrected chi connectivity index (χ4v) is 1.60. The van der Waals surface area contributed by atoms with Crippen LogP contribution in [-0.2, 0) is 12.8 Å². The Morgan fingerprint density at radius 3 is 2.86 bits per heavy atom. The lowest BCUT2D eigenvalue weighted by Gasteiger charge is -2.14. The summed E-state index contributed by atoms with van der Waals surface area (Å²) in [5, 5.41) is 11.0. The first kappa shape index (κ1) is 8.86. The second kappa shape index (κ2) is 3.21. The van der Waals surface area contributed by atoms with Gasteiger partial charge in [0, 0.05) is 19.5 Å². The normalized spacial score (nSPS) is 16.1. The molecule has 2 heterocycles. The zero-order chi connectivity index (χ0) is 10.1. The van der Waals surface area contributed by atoms with Gasteiger partial charge >= 0.3 is 6.09 Å². The van der Waals surface area contributed by atoms with Crippen LogP contribution in [0.2, 0.25) is 0 Å². The number of rotatable bonds is 0. The number of carboxylic acid groups (broad SMARTS) is 1. The Labute approximate surface area is 79.1 Å². The Kier molecular flexibility index (Phi) is 2.03. The third-order valence-electron chi connectivity index (χ3n) is 2.39. The molecule has 0 fully saturated rings. The third kappa shape index (κ3) is 1.39. The van der Waals surface area contributed by atoms with Crippen LogP contribution in [0.4, 0.5) is 4.79 Å². The molecule has 2 N–H and O–H groups in total. The number of carbonyl (C=O) groups is 1. The molecule has 1 aliphatic rings. The van der Waals surface area contributed by atoms with Crippen molar-refractivity contribution in [1.82, 2.24) is 10.1 Å². The zero-order valence-electron chi connectivity index (χ0n) is 7.45. The maximum Gasteiger partial charge on any atom is 0.407 e. The fourth-order valence-electron chi connectivity index (χ4n) is 1.60. The highest BCUT2D eigenvalue weighted by Crippen LogP contribution is 2.11. The molecule has 14 heavy (non-hydrogen) atoms. The van der Waals surface area contributed by atoms with Crippen molar-refractivity contribution in [1.29, 1.82) is 0 Å². The molecule has 1 aliphatic heterocycles. The second-order valence-corrected chi connectivity index (χ2v) is 3.20. The predicted octanol–water partition coefficient (Wildman–Crippen LogP) is 0.0465. The van der Waals surface area contributed by atoms with E-state index in [1.807, 2.05) is 0 Å². The lowest BCUT2D eigenvalue weighted by molar-refractivity contribution is 0.146. The van der Waals surface area contributed by atoms with Crippen molar-refractivity contribution < 1.29 is 14.4 Å². The standard InChI is InChI=1S/C8H10N2O4/c11-7-5-1-3-10(8(12)13)4-2-6(5)14-9-7/h1-4H2,(H,9,11)(H,12,13). The molecule has 1 amide bonds. The summed E-state index contributed by atoms with van der Waals surface area (Å²) in [7, 11) is 0. The molecule has 0 saturated heterocycles. The predicted molar refractivity (Wildman–Crippen MR) is 46.3 cm³/mol. The van der Waals surface area contributed by atoms with E-state index in [4.69, 9.17) is 9.63 Å². The van der Waals surface area contributed by atoms with Gasteiger partial charge in [-0.05, 0) is 6.42 Å². The number of hydrogen-bond acceptors (Lipinski definition) is 3. The molecule has 0 saturated carbocycles. The number of H-pyrrole nitrogens is 1. The summed E-state index contributed by atoms with van der Waals surface area (Å²) in [5.74, 6) is 0.582. The van der Waals surface area contributed by atoms with Gasteiger partial charge in [0.25, 0.3) is 5.56 Å². The molecule has 2 rings (SSSR count). The van der Waals surface area contributed by atoms with Crippen molar-refractivity contribution in [2.24, 2.45) is 0 Å². The SMILES string of the molecule is O=C(O)N1CCc2o[nH]c(=O)c2CC1. The fraction of sp³-hybridized carbons (Fsp3) is 0.500. The van der Waals surface area contributed by atoms with Gasteiger partial charge in [-0.1, -0.05) is 0 Å². The van der Waals surface area contributed by atoms with Crippen LogP contribution >= 0.6 is 0 Å². The maximum absolute atomic E-state index is 11.2. The quantitative estimate of drug-likeness (QED) is 0.616.